The zero-order chi connectivity index (χ0) is 25.2. The Labute approximate surface area is 206 Å². The summed E-state index contributed by atoms with van der Waals surface area (Å²) in [6, 6.07) is 10.1. The molecule has 1 N–H and O–H groups in total. The molecule has 3 aromatic rings. The zero-order valence-corrected chi connectivity index (χ0v) is 20.5. The fourth-order valence-electron chi connectivity index (χ4n) is 4.27. The fraction of sp³-hybridized carbons (Fsp3) is 0.320. The van der Waals surface area contributed by atoms with Gasteiger partial charge in [-0.05, 0) is 83.0 Å². The predicted molar refractivity (Wildman–Crippen MR) is 128 cm³/mol. The number of hydrogen-bond donors (Lipinski definition) is 1. The van der Waals surface area contributed by atoms with Gasteiger partial charge in [0.25, 0.3) is 0 Å². The van der Waals surface area contributed by atoms with Crippen LogP contribution in [-0.2, 0) is 45.0 Å². The number of thiophene rings is 1. The molecule has 0 aliphatic heterocycles. The number of carbonyl (C=O) groups is 1. The molecule has 0 bridgehead atoms. The lowest BCUT2D eigenvalue weighted by Gasteiger charge is -2.18. The molecule has 1 aromatic heterocycles. The number of nitrogens with one attached hydrogen (secondary N) is 1. The van der Waals surface area contributed by atoms with Gasteiger partial charge < -0.3 is 4.74 Å². The minimum Gasteiger partial charge on any atom is -0.466 e. The van der Waals surface area contributed by atoms with Crippen LogP contribution in [0.3, 0.4) is 0 Å². The summed E-state index contributed by atoms with van der Waals surface area (Å²) in [5, 5.41) is 3.45. The predicted octanol–water partition coefficient (Wildman–Crippen LogP) is 5.38. The Morgan fingerprint density at radius 1 is 1.09 bits per heavy atom. The van der Waals surface area contributed by atoms with Crippen molar-refractivity contribution in [2.24, 2.45) is 0 Å². The molecule has 0 fully saturated rings. The van der Waals surface area contributed by atoms with E-state index >= 15 is 0 Å². The van der Waals surface area contributed by atoms with E-state index in [4.69, 9.17) is 4.74 Å². The number of esters is 1. The molecule has 0 spiro atoms. The van der Waals surface area contributed by atoms with Gasteiger partial charge >= 0.3 is 12.1 Å². The Morgan fingerprint density at radius 2 is 1.86 bits per heavy atom. The van der Waals surface area contributed by atoms with Crippen molar-refractivity contribution in [2.75, 3.05) is 6.61 Å². The van der Waals surface area contributed by atoms with Gasteiger partial charge in [-0.1, -0.05) is 24.3 Å². The van der Waals surface area contributed by atoms with Crippen LogP contribution in [0.15, 0.2) is 58.1 Å². The minimum atomic E-state index is -4.83. The minimum absolute atomic E-state index is 0.240. The largest absolute Gasteiger partial charge is 0.466 e. The highest BCUT2D eigenvalue weighted by Crippen LogP contribution is 2.37. The maximum atomic E-state index is 13.8. The first-order chi connectivity index (χ1) is 16.6. The fourth-order valence-corrected chi connectivity index (χ4v) is 6.38. The summed E-state index contributed by atoms with van der Waals surface area (Å²) in [4.78, 5) is 10.8. The van der Waals surface area contributed by atoms with Gasteiger partial charge in [0, 0.05) is 12.5 Å². The molecule has 0 saturated carbocycles. The van der Waals surface area contributed by atoms with Crippen molar-refractivity contribution in [1.82, 2.24) is 4.72 Å². The van der Waals surface area contributed by atoms with Crippen LogP contribution in [0, 0.1) is 0 Å². The molecule has 1 aliphatic carbocycles. The average Bonchev–Trinajstić information content (AvgIpc) is 3.46. The molecule has 0 amide bonds. The third kappa shape index (κ3) is 5.94. The standard InChI is InChI=1S/C25H24F3NO4S2/c1-2-33-24(30)8-4-16-3-5-17-12-21(13-20(17)11-16)29-35(31,32)23-7-6-18(19-9-10-34-15-19)14-22(23)25(26,27)28/h3,5-7,9-11,14-15,21,29H,2,4,8,12-13H2,1H3. The lowest BCUT2D eigenvalue weighted by molar-refractivity contribution is -0.143. The van der Waals surface area contributed by atoms with Gasteiger partial charge in [0.05, 0.1) is 17.1 Å². The van der Waals surface area contributed by atoms with Crippen molar-refractivity contribution >= 4 is 27.3 Å². The SMILES string of the molecule is CCOC(=O)CCc1ccc2c(c1)CC(NS(=O)(=O)c1ccc(-c3ccsc3)cc1C(F)(F)F)C2. The van der Waals surface area contributed by atoms with Crippen LogP contribution in [0.2, 0.25) is 0 Å². The van der Waals surface area contributed by atoms with Crippen LogP contribution in [0.25, 0.3) is 11.1 Å². The Kier molecular flexibility index (Phi) is 7.35. The van der Waals surface area contributed by atoms with E-state index in [1.807, 2.05) is 18.2 Å². The van der Waals surface area contributed by atoms with Crippen molar-refractivity contribution in [1.29, 1.82) is 0 Å². The highest BCUT2D eigenvalue weighted by Gasteiger charge is 2.38. The Morgan fingerprint density at radius 3 is 2.54 bits per heavy atom. The van der Waals surface area contributed by atoms with Gasteiger partial charge in [-0.3, -0.25) is 4.79 Å². The molecule has 1 unspecified atom stereocenters. The molecule has 2 aromatic carbocycles. The lowest BCUT2D eigenvalue weighted by Crippen LogP contribution is -2.36. The Hall–Kier alpha value is -2.69. The lowest BCUT2D eigenvalue weighted by atomic mass is 10.0. The molecular weight excluding hydrogens is 499 g/mol. The van der Waals surface area contributed by atoms with E-state index in [9.17, 15) is 26.4 Å². The third-order valence-corrected chi connectivity index (χ3v) is 8.14. The molecule has 35 heavy (non-hydrogen) atoms. The first-order valence-corrected chi connectivity index (χ1v) is 13.5. The number of benzene rings is 2. The highest BCUT2D eigenvalue weighted by molar-refractivity contribution is 7.89. The number of aryl methyl sites for hydroxylation is 1. The van der Waals surface area contributed by atoms with Crippen molar-refractivity contribution in [3.05, 3.63) is 75.5 Å². The number of halogens is 3. The smallest absolute Gasteiger partial charge is 0.417 e. The van der Waals surface area contributed by atoms with Gasteiger partial charge in [0.15, 0.2) is 0 Å². The van der Waals surface area contributed by atoms with Gasteiger partial charge in [-0.2, -0.15) is 24.5 Å². The van der Waals surface area contributed by atoms with Crippen molar-refractivity contribution in [2.45, 2.75) is 49.7 Å². The third-order valence-electron chi connectivity index (χ3n) is 5.88. The van der Waals surface area contributed by atoms with Gasteiger partial charge in [-0.25, -0.2) is 13.1 Å². The van der Waals surface area contributed by atoms with Gasteiger partial charge in [0.1, 0.15) is 0 Å². The van der Waals surface area contributed by atoms with E-state index in [0.29, 0.717) is 37.0 Å². The first kappa shape index (κ1) is 25.4. The number of hydrogen-bond acceptors (Lipinski definition) is 5. The molecular formula is C25H24F3NO4S2. The molecule has 0 radical (unpaired) electrons. The molecule has 1 heterocycles. The molecule has 1 aliphatic rings. The number of sulfonamides is 1. The van der Waals surface area contributed by atoms with Crippen LogP contribution in [0.5, 0.6) is 0 Å². The topological polar surface area (TPSA) is 72.5 Å². The molecule has 0 saturated heterocycles. The van der Waals surface area contributed by atoms with Gasteiger partial charge in [-0.15, -0.1) is 0 Å². The maximum Gasteiger partial charge on any atom is 0.417 e. The van der Waals surface area contributed by atoms with Crippen molar-refractivity contribution in [3.63, 3.8) is 0 Å². The quantitative estimate of drug-likeness (QED) is 0.403. The van der Waals surface area contributed by atoms with Crippen molar-refractivity contribution < 1.29 is 31.1 Å². The second kappa shape index (κ2) is 10.1. The summed E-state index contributed by atoms with van der Waals surface area (Å²) in [6.45, 7) is 2.06. The van der Waals surface area contributed by atoms with Gasteiger partial charge in [0.2, 0.25) is 10.0 Å². The van der Waals surface area contributed by atoms with E-state index in [2.05, 4.69) is 4.72 Å². The monoisotopic (exact) mass is 523 g/mol. The summed E-state index contributed by atoms with van der Waals surface area (Å²) in [6.07, 6.45) is -3.36. The van der Waals surface area contributed by atoms with E-state index in [1.54, 1.807) is 23.8 Å². The Balaban J connectivity index is 1.51. The van der Waals surface area contributed by atoms with Crippen LogP contribution in [-0.4, -0.2) is 27.0 Å². The number of fused-ring (bicyclic) bond motifs is 1. The van der Waals surface area contributed by atoms with E-state index < -0.39 is 32.7 Å². The van der Waals surface area contributed by atoms with E-state index in [1.165, 1.54) is 17.4 Å². The summed E-state index contributed by atoms with van der Waals surface area (Å²) < 4.78 is 75.0. The molecule has 4 rings (SSSR count). The first-order valence-electron chi connectivity index (χ1n) is 11.1. The zero-order valence-electron chi connectivity index (χ0n) is 18.9. The molecule has 1 atom stereocenters. The van der Waals surface area contributed by atoms with E-state index in [0.717, 1.165) is 28.8 Å². The number of carbonyl (C=O) groups excluding carboxylic acids is 1. The second-order valence-corrected chi connectivity index (χ2v) is 10.8. The Bertz CT molecular complexity index is 1320. The normalized spacial score (nSPS) is 15.7. The van der Waals surface area contributed by atoms with Crippen LogP contribution in [0.1, 0.15) is 35.6 Å². The second-order valence-electron chi connectivity index (χ2n) is 8.36. The summed E-state index contributed by atoms with van der Waals surface area (Å²) >= 11 is 1.35. The maximum absolute atomic E-state index is 13.8. The summed E-state index contributed by atoms with van der Waals surface area (Å²) in [5.41, 5.74) is 2.49. The number of rotatable bonds is 8. The number of alkyl halides is 3. The molecule has 186 valence electrons. The summed E-state index contributed by atoms with van der Waals surface area (Å²) in [5.74, 6) is -0.288. The highest BCUT2D eigenvalue weighted by atomic mass is 32.2. The van der Waals surface area contributed by atoms with Crippen LogP contribution >= 0.6 is 11.3 Å². The average molecular weight is 524 g/mol. The summed E-state index contributed by atoms with van der Waals surface area (Å²) in [7, 11) is -4.43. The van der Waals surface area contributed by atoms with Crippen LogP contribution < -0.4 is 4.72 Å². The van der Waals surface area contributed by atoms with E-state index in [-0.39, 0.29) is 12.4 Å². The number of ether oxygens (including phenoxy) is 1. The molecule has 10 heteroatoms. The molecule has 5 nitrogen and oxygen atoms in total. The van der Waals surface area contributed by atoms with Crippen LogP contribution in [0.4, 0.5) is 13.2 Å². The van der Waals surface area contributed by atoms with Crippen molar-refractivity contribution in [3.8, 4) is 11.1 Å².